The van der Waals surface area contributed by atoms with Crippen molar-refractivity contribution in [2.24, 2.45) is 0 Å². The number of furan rings is 1. The second-order valence-corrected chi connectivity index (χ2v) is 11.3. The molecule has 4 nitrogen and oxygen atoms in total. The molecule has 0 N–H and O–H groups in total. The zero-order valence-corrected chi connectivity index (χ0v) is 24.9. The molecule has 0 spiro atoms. The number of aryl methyl sites for hydroxylation is 1. The summed E-state index contributed by atoms with van der Waals surface area (Å²) in [4.78, 5) is 13.5. The van der Waals surface area contributed by atoms with Gasteiger partial charge in [-0.25, -0.2) is 0 Å². The average molecular weight is 544 g/mol. The van der Waals surface area contributed by atoms with Crippen LogP contribution in [-0.2, 0) is 6.54 Å². The summed E-state index contributed by atoms with van der Waals surface area (Å²) < 4.78 is 13.9. The Morgan fingerprint density at radius 2 is 1.27 bits per heavy atom. The number of fused-ring (bicyclic) bond motifs is 3. The van der Waals surface area contributed by atoms with Crippen molar-refractivity contribution in [1.82, 2.24) is 4.57 Å². The minimum atomic E-state index is -0.0853. The number of benzene rings is 2. The molecule has 0 bridgehead atoms. The van der Waals surface area contributed by atoms with Crippen molar-refractivity contribution in [3.63, 3.8) is 0 Å². The maximum absolute atomic E-state index is 13.5. The van der Waals surface area contributed by atoms with Crippen LogP contribution in [0.25, 0.3) is 33.1 Å². The van der Waals surface area contributed by atoms with Crippen LogP contribution in [0.5, 0.6) is 5.75 Å². The molecule has 2 aromatic heterocycles. The lowest BCUT2D eigenvalue weighted by atomic mass is 10.0. The van der Waals surface area contributed by atoms with Crippen molar-refractivity contribution in [3.05, 3.63) is 65.0 Å². The molecule has 0 aliphatic carbocycles. The van der Waals surface area contributed by atoms with E-state index >= 15 is 0 Å². The second kappa shape index (κ2) is 16.3. The topological polar surface area (TPSA) is 44.4 Å². The molecule has 216 valence electrons. The van der Waals surface area contributed by atoms with E-state index in [4.69, 9.17) is 9.15 Å². The van der Waals surface area contributed by atoms with E-state index in [1.54, 1.807) is 13.4 Å². The molecule has 4 heteroatoms. The van der Waals surface area contributed by atoms with Crippen molar-refractivity contribution >= 4 is 21.9 Å². The number of rotatable bonds is 19. The summed E-state index contributed by atoms with van der Waals surface area (Å²) in [6.45, 7) is 3.10. The first-order valence-electron chi connectivity index (χ1n) is 15.9. The van der Waals surface area contributed by atoms with Crippen LogP contribution in [0.1, 0.15) is 110 Å². The van der Waals surface area contributed by atoms with Crippen LogP contribution in [-0.4, -0.2) is 11.7 Å². The van der Waals surface area contributed by atoms with E-state index < -0.39 is 0 Å². The highest BCUT2D eigenvalue weighted by Gasteiger charge is 2.21. The molecule has 0 amide bonds. The lowest BCUT2D eigenvalue weighted by Crippen LogP contribution is -2.16. The molecule has 0 saturated heterocycles. The Bertz CT molecular complexity index is 1350. The van der Waals surface area contributed by atoms with Crippen molar-refractivity contribution in [1.29, 1.82) is 0 Å². The molecule has 0 fully saturated rings. The maximum atomic E-state index is 13.5. The Balaban J connectivity index is 1.30. The normalized spacial score (nSPS) is 11.6. The van der Waals surface area contributed by atoms with Gasteiger partial charge in [0.1, 0.15) is 0 Å². The third-order valence-electron chi connectivity index (χ3n) is 8.29. The summed E-state index contributed by atoms with van der Waals surface area (Å²) in [6.07, 6.45) is 23.3. The lowest BCUT2D eigenvalue weighted by molar-refractivity contribution is 0.408. The second-order valence-electron chi connectivity index (χ2n) is 11.3. The van der Waals surface area contributed by atoms with E-state index in [9.17, 15) is 4.79 Å². The van der Waals surface area contributed by atoms with Crippen LogP contribution in [0.2, 0.25) is 0 Å². The highest BCUT2D eigenvalue weighted by molar-refractivity contribution is 6.03. The van der Waals surface area contributed by atoms with Crippen LogP contribution in [0.3, 0.4) is 0 Å². The Morgan fingerprint density at radius 3 is 1.85 bits per heavy atom. The van der Waals surface area contributed by atoms with Gasteiger partial charge in [-0.05, 0) is 18.6 Å². The van der Waals surface area contributed by atoms with Gasteiger partial charge in [0.05, 0.1) is 30.0 Å². The number of hydrogen-bond acceptors (Lipinski definition) is 3. The molecule has 4 aromatic rings. The number of nitrogens with zero attached hydrogens (tertiary/aromatic N) is 1. The summed E-state index contributed by atoms with van der Waals surface area (Å²) >= 11 is 0. The number of hydrogen-bond donors (Lipinski definition) is 0. The molecule has 0 aliphatic heterocycles. The van der Waals surface area contributed by atoms with Gasteiger partial charge in [0.15, 0.2) is 11.3 Å². The van der Waals surface area contributed by atoms with E-state index in [0.29, 0.717) is 11.1 Å². The molecular formula is C36H49NO3. The van der Waals surface area contributed by atoms with Gasteiger partial charge < -0.3 is 13.7 Å². The summed E-state index contributed by atoms with van der Waals surface area (Å²) in [6, 6.07) is 16.0. The summed E-state index contributed by atoms with van der Waals surface area (Å²) in [5.41, 5.74) is 3.38. The van der Waals surface area contributed by atoms with Crippen LogP contribution < -0.4 is 10.2 Å². The first-order chi connectivity index (χ1) is 19.8. The van der Waals surface area contributed by atoms with Crippen molar-refractivity contribution in [2.75, 3.05) is 7.11 Å². The number of methoxy groups -OCH3 is 1. The van der Waals surface area contributed by atoms with E-state index in [-0.39, 0.29) is 5.43 Å². The maximum Gasteiger partial charge on any atom is 0.231 e. The Kier molecular flexibility index (Phi) is 12.2. The fraction of sp³-hybridized carbons (Fsp3) is 0.528. The zero-order valence-electron chi connectivity index (χ0n) is 24.9. The van der Waals surface area contributed by atoms with Crippen LogP contribution in [0.15, 0.2) is 64.0 Å². The third-order valence-corrected chi connectivity index (χ3v) is 8.29. The third kappa shape index (κ3) is 7.80. The van der Waals surface area contributed by atoms with Gasteiger partial charge in [-0.2, -0.15) is 0 Å². The van der Waals surface area contributed by atoms with E-state index in [1.807, 2.05) is 36.4 Å². The highest BCUT2D eigenvalue weighted by atomic mass is 16.5. The monoisotopic (exact) mass is 543 g/mol. The Hall–Kier alpha value is -3.01. The standard InChI is InChI=1S/C36H49NO3/c1-3-4-5-6-7-8-9-10-11-12-13-14-15-16-17-21-27-37-32(29-22-19-18-20-23-29)36(39-2)34(38)31-25-24-30-26-28-40-35(30)33(31)37/h18-20,22-26,28H,3-17,21,27H2,1-2H3. The molecule has 2 aromatic carbocycles. The first-order valence-corrected chi connectivity index (χ1v) is 15.9. The Labute approximate surface area is 240 Å². The number of ether oxygens (including phenoxy) is 1. The number of unbranched alkanes of at least 4 members (excludes halogenated alkanes) is 15. The number of aromatic nitrogens is 1. The summed E-state index contributed by atoms with van der Waals surface area (Å²) in [5, 5.41) is 1.66. The quantitative estimate of drug-likeness (QED) is 0.110. The largest absolute Gasteiger partial charge is 0.491 e. The van der Waals surface area contributed by atoms with Crippen LogP contribution >= 0.6 is 0 Å². The summed E-state index contributed by atoms with van der Waals surface area (Å²) in [7, 11) is 1.60. The molecule has 0 unspecified atom stereocenters. The molecule has 0 aliphatic rings. The SMILES string of the molecule is CCCCCCCCCCCCCCCCCCn1c(-c2ccccc2)c(OC)c(=O)c2ccc3ccoc3c21. The van der Waals surface area contributed by atoms with Gasteiger partial charge in [0.25, 0.3) is 0 Å². The average Bonchev–Trinajstić information content (AvgIpc) is 3.47. The predicted molar refractivity (Wildman–Crippen MR) is 170 cm³/mol. The fourth-order valence-electron chi connectivity index (χ4n) is 6.05. The molecule has 0 saturated carbocycles. The highest BCUT2D eigenvalue weighted by Crippen LogP contribution is 2.35. The first kappa shape index (κ1) is 30.0. The van der Waals surface area contributed by atoms with Gasteiger partial charge in [0, 0.05) is 17.5 Å². The molecule has 4 rings (SSSR count). The predicted octanol–water partition coefficient (Wildman–Crippen LogP) is 10.7. The molecule has 40 heavy (non-hydrogen) atoms. The lowest BCUT2D eigenvalue weighted by Gasteiger charge is -2.20. The minimum absolute atomic E-state index is 0.0853. The van der Waals surface area contributed by atoms with Gasteiger partial charge in [-0.3, -0.25) is 4.79 Å². The number of pyridine rings is 1. The fourth-order valence-corrected chi connectivity index (χ4v) is 6.05. The molecule has 2 heterocycles. The molecule has 0 radical (unpaired) electrons. The smallest absolute Gasteiger partial charge is 0.231 e. The van der Waals surface area contributed by atoms with Crippen LogP contribution in [0.4, 0.5) is 0 Å². The van der Waals surface area contributed by atoms with E-state index in [1.165, 1.54) is 96.3 Å². The molecule has 0 atom stereocenters. The van der Waals surface area contributed by atoms with Gasteiger partial charge in [-0.1, -0.05) is 140 Å². The van der Waals surface area contributed by atoms with Gasteiger partial charge >= 0.3 is 0 Å². The van der Waals surface area contributed by atoms with E-state index in [2.05, 4.69) is 23.6 Å². The van der Waals surface area contributed by atoms with E-state index in [0.717, 1.165) is 40.7 Å². The summed E-state index contributed by atoms with van der Waals surface area (Å²) in [5.74, 6) is 0.404. The van der Waals surface area contributed by atoms with Crippen molar-refractivity contribution in [3.8, 4) is 17.0 Å². The zero-order chi connectivity index (χ0) is 28.0. The molecular weight excluding hydrogens is 494 g/mol. The minimum Gasteiger partial charge on any atom is -0.491 e. The Morgan fingerprint density at radius 1 is 0.700 bits per heavy atom. The van der Waals surface area contributed by atoms with Crippen molar-refractivity contribution < 1.29 is 9.15 Å². The van der Waals surface area contributed by atoms with Gasteiger partial charge in [0.2, 0.25) is 5.43 Å². The van der Waals surface area contributed by atoms with Gasteiger partial charge in [-0.15, -0.1) is 0 Å². The van der Waals surface area contributed by atoms with Crippen LogP contribution in [0, 0.1) is 0 Å². The van der Waals surface area contributed by atoms with Crippen molar-refractivity contribution in [2.45, 2.75) is 116 Å².